The second-order valence-corrected chi connectivity index (χ2v) is 5.95. The molecule has 0 unspecified atom stereocenters. The summed E-state index contributed by atoms with van der Waals surface area (Å²) in [6, 6.07) is 16.1. The van der Waals surface area contributed by atoms with Gasteiger partial charge in [0, 0.05) is 19.2 Å². The number of hydrogen-bond acceptors (Lipinski definition) is 3. The molecule has 0 spiro atoms. The lowest BCUT2D eigenvalue weighted by Crippen LogP contribution is -2.07. The van der Waals surface area contributed by atoms with Gasteiger partial charge in [0.15, 0.2) is 0 Å². The van der Waals surface area contributed by atoms with Crippen molar-refractivity contribution in [2.75, 3.05) is 0 Å². The van der Waals surface area contributed by atoms with Crippen LogP contribution in [0.1, 0.15) is 24.0 Å². The lowest BCUT2D eigenvalue weighted by atomic mass is 10.2. The molecule has 6 heteroatoms. The van der Waals surface area contributed by atoms with Crippen molar-refractivity contribution < 1.29 is 4.39 Å². The van der Waals surface area contributed by atoms with E-state index in [1.165, 1.54) is 12.1 Å². The monoisotopic (exact) mass is 345 g/mol. The molecule has 0 radical (unpaired) electrons. The van der Waals surface area contributed by atoms with Gasteiger partial charge in [-0.1, -0.05) is 12.1 Å². The molecule has 0 saturated carbocycles. The summed E-state index contributed by atoms with van der Waals surface area (Å²) in [7, 11) is 0. The molecular weight excluding hydrogens is 329 g/mol. The number of fused-ring (bicyclic) bond motifs is 1. The molecule has 0 atom stereocenters. The van der Waals surface area contributed by atoms with Crippen LogP contribution in [0.15, 0.2) is 54.7 Å². The van der Waals surface area contributed by atoms with Crippen LogP contribution in [0, 0.1) is 17.1 Å². The van der Waals surface area contributed by atoms with Crippen molar-refractivity contribution in [3.63, 3.8) is 0 Å². The number of nitriles is 1. The number of imidazole rings is 1. The van der Waals surface area contributed by atoms with Crippen molar-refractivity contribution in [3.8, 4) is 11.8 Å². The number of nitrogens with zero attached hydrogens (tertiary/aromatic N) is 5. The van der Waals surface area contributed by atoms with Gasteiger partial charge in [-0.15, -0.1) is 0 Å². The maximum atomic E-state index is 13.6. The van der Waals surface area contributed by atoms with E-state index in [1.54, 1.807) is 23.0 Å². The van der Waals surface area contributed by atoms with Crippen LogP contribution in [-0.2, 0) is 13.0 Å². The Hall–Kier alpha value is -3.46. The molecule has 0 aliphatic carbocycles. The molecule has 5 nitrogen and oxygen atoms in total. The van der Waals surface area contributed by atoms with Gasteiger partial charge in [0.1, 0.15) is 23.2 Å². The smallest absolute Gasteiger partial charge is 0.125 e. The summed E-state index contributed by atoms with van der Waals surface area (Å²) in [5, 5.41) is 13.7. The minimum atomic E-state index is -0.302. The first kappa shape index (κ1) is 16.0. The Kier molecular flexibility index (Phi) is 3.98. The van der Waals surface area contributed by atoms with Crippen molar-refractivity contribution in [1.82, 2.24) is 19.3 Å². The highest BCUT2D eigenvalue weighted by Gasteiger charge is 2.15. The molecule has 26 heavy (non-hydrogen) atoms. The third-order valence-electron chi connectivity index (χ3n) is 4.41. The van der Waals surface area contributed by atoms with Crippen LogP contribution >= 0.6 is 0 Å². The lowest BCUT2D eigenvalue weighted by molar-refractivity contribution is 0.624. The summed E-state index contributed by atoms with van der Waals surface area (Å²) in [5.74, 6) is 0.548. The number of halogens is 1. The van der Waals surface area contributed by atoms with Crippen LogP contribution in [0.3, 0.4) is 0 Å². The standard InChI is InChI=1S/C20H16FN5/c1-2-25-18-8-3-5-14(13-22)20(18)24-19(25)12-17-9-10-23-26(17)16-7-4-6-15(21)11-16/h3-11H,2,12H2,1H3. The Morgan fingerprint density at radius 2 is 2.00 bits per heavy atom. The van der Waals surface area contributed by atoms with Crippen molar-refractivity contribution in [2.24, 2.45) is 0 Å². The van der Waals surface area contributed by atoms with E-state index in [2.05, 4.69) is 15.7 Å². The van der Waals surface area contributed by atoms with Gasteiger partial charge >= 0.3 is 0 Å². The van der Waals surface area contributed by atoms with Crippen LogP contribution < -0.4 is 0 Å². The summed E-state index contributed by atoms with van der Waals surface area (Å²) >= 11 is 0. The third kappa shape index (κ3) is 2.64. The van der Waals surface area contributed by atoms with E-state index in [0.717, 1.165) is 23.6 Å². The van der Waals surface area contributed by atoms with Gasteiger partial charge in [-0.25, -0.2) is 14.1 Å². The number of rotatable bonds is 4. The number of benzene rings is 2. The van der Waals surface area contributed by atoms with Crippen LogP contribution in [0.4, 0.5) is 4.39 Å². The van der Waals surface area contributed by atoms with Gasteiger partial charge in [0.25, 0.3) is 0 Å². The molecule has 0 aliphatic heterocycles. The van der Waals surface area contributed by atoms with E-state index in [1.807, 2.05) is 31.2 Å². The van der Waals surface area contributed by atoms with Gasteiger partial charge in [-0.2, -0.15) is 10.4 Å². The largest absolute Gasteiger partial charge is 0.328 e. The number of hydrogen-bond donors (Lipinski definition) is 0. The number of aromatic nitrogens is 4. The first-order valence-corrected chi connectivity index (χ1v) is 8.38. The Balaban J connectivity index is 1.80. The predicted molar refractivity (Wildman–Crippen MR) is 96.5 cm³/mol. The molecule has 4 rings (SSSR count). The topological polar surface area (TPSA) is 59.4 Å². The number of para-hydroxylation sites is 1. The fourth-order valence-corrected chi connectivity index (χ4v) is 3.24. The summed E-state index contributed by atoms with van der Waals surface area (Å²) in [6.45, 7) is 2.79. The van der Waals surface area contributed by atoms with E-state index >= 15 is 0 Å². The van der Waals surface area contributed by atoms with Crippen molar-refractivity contribution in [2.45, 2.75) is 19.9 Å². The maximum Gasteiger partial charge on any atom is 0.125 e. The molecule has 4 aromatic rings. The first-order chi connectivity index (χ1) is 12.7. The summed E-state index contributed by atoms with van der Waals surface area (Å²) < 4.78 is 17.4. The van der Waals surface area contributed by atoms with E-state index in [4.69, 9.17) is 4.98 Å². The first-order valence-electron chi connectivity index (χ1n) is 8.38. The van der Waals surface area contributed by atoms with E-state index < -0.39 is 0 Å². The second-order valence-electron chi connectivity index (χ2n) is 5.95. The molecule has 0 saturated heterocycles. The van der Waals surface area contributed by atoms with Crippen LogP contribution in [0.25, 0.3) is 16.7 Å². The molecule has 2 aromatic heterocycles. The molecule has 0 bridgehead atoms. The van der Waals surface area contributed by atoms with Crippen LogP contribution in [-0.4, -0.2) is 19.3 Å². The van der Waals surface area contributed by atoms with Crippen molar-refractivity contribution in [1.29, 1.82) is 5.26 Å². The SMILES string of the molecule is CCn1c(Cc2ccnn2-c2cccc(F)c2)nc2c(C#N)cccc21. The zero-order valence-electron chi connectivity index (χ0n) is 14.2. The zero-order chi connectivity index (χ0) is 18.1. The average molecular weight is 345 g/mol. The van der Waals surface area contributed by atoms with Gasteiger partial charge in [0.05, 0.1) is 22.5 Å². The predicted octanol–water partition coefficient (Wildman–Crippen LogP) is 3.84. The lowest BCUT2D eigenvalue weighted by Gasteiger charge is -2.09. The molecule has 0 aliphatic rings. The fourth-order valence-electron chi connectivity index (χ4n) is 3.24. The molecule has 2 heterocycles. The van der Waals surface area contributed by atoms with Crippen LogP contribution in [0.5, 0.6) is 0 Å². The summed E-state index contributed by atoms with van der Waals surface area (Å²) in [6.07, 6.45) is 2.23. The Morgan fingerprint density at radius 3 is 2.77 bits per heavy atom. The summed E-state index contributed by atoms with van der Waals surface area (Å²) in [4.78, 5) is 4.71. The third-order valence-corrected chi connectivity index (χ3v) is 4.41. The second kappa shape index (κ2) is 6.45. The fraction of sp³-hybridized carbons (Fsp3) is 0.150. The minimum absolute atomic E-state index is 0.302. The Morgan fingerprint density at radius 1 is 1.15 bits per heavy atom. The van der Waals surface area contributed by atoms with E-state index in [-0.39, 0.29) is 5.82 Å². The molecule has 2 aromatic carbocycles. The average Bonchev–Trinajstić information content (AvgIpc) is 3.25. The molecule has 0 N–H and O–H groups in total. The Labute approximate surface area is 149 Å². The zero-order valence-corrected chi connectivity index (χ0v) is 14.2. The van der Waals surface area contributed by atoms with Crippen LogP contribution in [0.2, 0.25) is 0 Å². The normalized spacial score (nSPS) is 11.0. The summed E-state index contributed by atoms with van der Waals surface area (Å²) in [5.41, 5.74) is 3.79. The van der Waals surface area contributed by atoms with Gasteiger partial charge in [0.2, 0.25) is 0 Å². The highest BCUT2D eigenvalue weighted by molar-refractivity contribution is 5.82. The molecule has 0 fully saturated rings. The quantitative estimate of drug-likeness (QED) is 0.564. The molecular formula is C20H16FN5. The number of aryl methyl sites for hydroxylation is 1. The highest BCUT2D eigenvalue weighted by Crippen LogP contribution is 2.22. The van der Waals surface area contributed by atoms with Crippen molar-refractivity contribution >= 4 is 11.0 Å². The minimum Gasteiger partial charge on any atom is -0.328 e. The van der Waals surface area contributed by atoms with Gasteiger partial charge in [-0.3, -0.25) is 0 Å². The highest BCUT2D eigenvalue weighted by atomic mass is 19.1. The van der Waals surface area contributed by atoms with Gasteiger partial charge < -0.3 is 4.57 Å². The van der Waals surface area contributed by atoms with Gasteiger partial charge in [-0.05, 0) is 43.3 Å². The molecule has 0 amide bonds. The van der Waals surface area contributed by atoms with E-state index in [0.29, 0.717) is 23.2 Å². The maximum absolute atomic E-state index is 13.6. The van der Waals surface area contributed by atoms with E-state index in [9.17, 15) is 9.65 Å². The van der Waals surface area contributed by atoms with Crippen molar-refractivity contribution in [3.05, 3.63) is 77.6 Å². The Bertz CT molecular complexity index is 1130. The molecule has 128 valence electrons.